The van der Waals surface area contributed by atoms with Crippen LogP contribution >= 0.6 is 23.1 Å². The van der Waals surface area contributed by atoms with E-state index in [4.69, 9.17) is 0 Å². The van der Waals surface area contributed by atoms with Gasteiger partial charge in [0.2, 0.25) is 5.91 Å². The number of nitrogens with zero attached hydrogens (tertiary/aromatic N) is 1. The number of fused-ring (bicyclic) bond motifs is 1. The molecule has 2 aromatic carbocycles. The van der Waals surface area contributed by atoms with Crippen molar-refractivity contribution in [1.82, 2.24) is 10.2 Å². The van der Waals surface area contributed by atoms with Crippen LogP contribution in [0.3, 0.4) is 0 Å². The molecule has 1 aliphatic heterocycles. The number of rotatable bonds is 8. The molecule has 0 saturated heterocycles. The molecule has 0 spiro atoms. The zero-order chi connectivity index (χ0) is 23.4. The van der Waals surface area contributed by atoms with Crippen molar-refractivity contribution in [3.8, 4) is 0 Å². The van der Waals surface area contributed by atoms with Gasteiger partial charge in [-0.2, -0.15) is 0 Å². The van der Waals surface area contributed by atoms with Gasteiger partial charge in [-0.15, -0.1) is 23.1 Å². The summed E-state index contributed by atoms with van der Waals surface area (Å²) in [6.07, 6.45) is 2.83. The number of thiophene rings is 1. The van der Waals surface area contributed by atoms with E-state index in [9.17, 15) is 9.59 Å². The molecule has 0 unspecified atom stereocenters. The van der Waals surface area contributed by atoms with Gasteiger partial charge in [0, 0.05) is 28.4 Å². The summed E-state index contributed by atoms with van der Waals surface area (Å²) in [6.45, 7) is 5.39. The molecular formula is C27H30N2O2S2. The van der Waals surface area contributed by atoms with Crippen molar-refractivity contribution in [3.05, 3.63) is 87.6 Å². The summed E-state index contributed by atoms with van der Waals surface area (Å²) >= 11 is 3.33. The minimum atomic E-state index is -0.435. The fourth-order valence-corrected chi connectivity index (χ4v) is 5.76. The minimum absolute atomic E-state index is 0.00985. The Balaban J connectivity index is 1.61. The second-order valence-corrected chi connectivity index (χ2v) is 10.6. The van der Waals surface area contributed by atoms with Crippen molar-refractivity contribution in [2.24, 2.45) is 5.92 Å². The van der Waals surface area contributed by atoms with Crippen molar-refractivity contribution in [2.75, 3.05) is 19.3 Å². The Morgan fingerprint density at radius 3 is 2.52 bits per heavy atom. The zero-order valence-electron chi connectivity index (χ0n) is 19.3. The maximum atomic E-state index is 13.6. The molecule has 0 saturated carbocycles. The lowest BCUT2D eigenvalue weighted by atomic mass is 9.81. The molecule has 1 aromatic heterocycles. The maximum absolute atomic E-state index is 13.6. The molecule has 0 aliphatic carbocycles. The lowest BCUT2D eigenvalue weighted by Crippen LogP contribution is -2.48. The number of amides is 2. The first-order chi connectivity index (χ1) is 16.0. The Morgan fingerprint density at radius 1 is 1.09 bits per heavy atom. The average molecular weight is 479 g/mol. The van der Waals surface area contributed by atoms with E-state index in [2.05, 4.69) is 49.7 Å². The lowest BCUT2D eigenvalue weighted by molar-refractivity contribution is -0.124. The SMILES string of the molecule is CSc1ccc(CCNC(=O)[C@H]2c3ccccc3C(=O)N(CC(C)C)[C@H]2c2cccs2)cc1. The van der Waals surface area contributed by atoms with Crippen LogP contribution in [-0.2, 0) is 11.2 Å². The molecule has 0 bridgehead atoms. The summed E-state index contributed by atoms with van der Waals surface area (Å²) in [5.74, 6) is -0.150. The molecular weight excluding hydrogens is 448 g/mol. The maximum Gasteiger partial charge on any atom is 0.254 e. The highest BCUT2D eigenvalue weighted by Crippen LogP contribution is 2.44. The highest BCUT2D eigenvalue weighted by atomic mass is 32.2. The molecule has 0 radical (unpaired) electrons. The van der Waals surface area contributed by atoms with Crippen LogP contribution in [0.2, 0.25) is 0 Å². The van der Waals surface area contributed by atoms with E-state index < -0.39 is 5.92 Å². The number of benzene rings is 2. The highest BCUT2D eigenvalue weighted by Gasteiger charge is 2.44. The Kier molecular flexibility index (Phi) is 7.56. The zero-order valence-corrected chi connectivity index (χ0v) is 20.9. The van der Waals surface area contributed by atoms with Crippen LogP contribution in [0.15, 0.2) is 70.9 Å². The Morgan fingerprint density at radius 2 is 1.85 bits per heavy atom. The predicted molar refractivity (Wildman–Crippen MR) is 137 cm³/mol. The van der Waals surface area contributed by atoms with Crippen molar-refractivity contribution in [2.45, 2.75) is 37.1 Å². The van der Waals surface area contributed by atoms with Gasteiger partial charge in [0.15, 0.2) is 0 Å². The van der Waals surface area contributed by atoms with Crippen molar-refractivity contribution in [3.63, 3.8) is 0 Å². The fourth-order valence-electron chi connectivity index (χ4n) is 4.48. The first-order valence-electron chi connectivity index (χ1n) is 11.3. The monoisotopic (exact) mass is 478 g/mol. The number of carbonyl (C=O) groups is 2. The third kappa shape index (κ3) is 5.17. The van der Waals surface area contributed by atoms with Crippen LogP contribution in [0.25, 0.3) is 0 Å². The number of hydrogen-bond donors (Lipinski definition) is 1. The predicted octanol–water partition coefficient (Wildman–Crippen LogP) is 5.77. The highest BCUT2D eigenvalue weighted by molar-refractivity contribution is 7.98. The van der Waals surface area contributed by atoms with E-state index in [1.807, 2.05) is 46.7 Å². The average Bonchev–Trinajstić information content (AvgIpc) is 3.35. The van der Waals surface area contributed by atoms with E-state index in [1.165, 1.54) is 10.5 Å². The lowest BCUT2D eigenvalue weighted by Gasteiger charge is -2.42. The third-order valence-electron chi connectivity index (χ3n) is 5.99. The fraction of sp³-hybridized carbons (Fsp3) is 0.333. The van der Waals surface area contributed by atoms with Crippen LogP contribution < -0.4 is 5.32 Å². The van der Waals surface area contributed by atoms with Crippen LogP contribution in [-0.4, -0.2) is 36.1 Å². The Labute approximate surface area is 204 Å². The Hall–Kier alpha value is -2.57. The topological polar surface area (TPSA) is 49.4 Å². The second-order valence-electron chi connectivity index (χ2n) is 8.77. The molecule has 0 fully saturated rings. The minimum Gasteiger partial charge on any atom is -0.355 e. The molecule has 33 heavy (non-hydrogen) atoms. The van der Waals surface area contributed by atoms with Crippen molar-refractivity contribution >= 4 is 34.9 Å². The van der Waals surface area contributed by atoms with Gasteiger partial charge in [-0.3, -0.25) is 9.59 Å². The van der Waals surface area contributed by atoms with E-state index in [0.29, 0.717) is 24.6 Å². The van der Waals surface area contributed by atoms with Crippen molar-refractivity contribution < 1.29 is 9.59 Å². The van der Waals surface area contributed by atoms with Crippen LogP contribution in [0.5, 0.6) is 0 Å². The summed E-state index contributed by atoms with van der Waals surface area (Å²) in [5.41, 5.74) is 2.66. The van der Waals surface area contributed by atoms with Crippen LogP contribution in [0.1, 0.15) is 52.2 Å². The summed E-state index contributed by atoms with van der Waals surface area (Å²) in [5, 5.41) is 5.19. The first-order valence-corrected chi connectivity index (χ1v) is 13.4. The third-order valence-corrected chi connectivity index (χ3v) is 7.68. The number of hydrogen-bond acceptors (Lipinski definition) is 4. The molecule has 6 heteroatoms. The van der Waals surface area contributed by atoms with Gasteiger partial charge in [0.1, 0.15) is 0 Å². The van der Waals surface area contributed by atoms with Gasteiger partial charge in [0.05, 0.1) is 12.0 Å². The van der Waals surface area contributed by atoms with Gasteiger partial charge in [-0.05, 0) is 59.4 Å². The van der Waals surface area contributed by atoms with Crippen molar-refractivity contribution in [1.29, 1.82) is 0 Å². The van der Waals surface area contributed by atoms with Gasteiger partial charge in [-0.25, -0.2) is 0 Å². The molecule has 1 N–H and O–H groups in total. The molecule has 2 amide bonds. The quantitative estimate of drug-likeness (QED) is 0.419. The molecule has 3 aromatic rings. The molecule has 2 atom stereocenters. The summed E-state index contributed by atoms with van der Waals surface area (Å²) in [7, 11) is 0. The summed E-state index contributed by atoms with van der Waals surface area (Å²) < 4.78 is 0. The standard InChI is InChI=1S/C27H30N2O2S2/c1-18(2)17-29-25(23-9-6-16-33-23)24(21-7-4-5-8-22(21)27(29)31)26(30)28-15-14-19-10-12-20(32-3)13-11-19/h4-13,16,18,24-25H,14-15,17H2,1-3H3,(H,28,30)/t24-,25-/m0/s1. The van der Waals surface area contributed by atoms with Crippen LogP contribution in [0, 0.1) is 5.92 Å². The van der Waals surface area contributed by atoms with E-state index >= 15 is 0 Å². The number of nitrogens with one attached hydrogen (secondary N) is 1. The number of thioether (sulfide) groups is 1. The first kappa shape index (κ1) is 23.6. The van der Waals surface area contributed by atoms with E-state index in [0.717, 1.165) is 16.9 Å². The molecule has 4 rings (SSSR count). The largest absolute Gasteiger partial charge is 0.355 e. The van der Waals surface area contributed by atoms with Gasteiger partial charge in [0.25, 0.3) is 5.91 Å². The van der Waals surface area contributed by atoms with Gasteiger partial charge >= 0.3 is 0 Å². The summed E-state index contributed by atoms with van der Waals surface area (Å²) in [4.78, 5) is 31.3. The van der Waals surface area contributed by atoms with Crippen LogP contribution in [0.4, 0.5) is 0 Å². The number of carbonyl (C=O) groups excluding carboxylic acids is 2. The molecule has 2 heterocycles. The normalized spacial score (nSPS) is 17.8. The Bertz CT molecular complexity index is 1090. The smallest absolute Gasteiger partial charge is 0.254 e. The van der Waals surface area contributed by atoms with Gasteiger partial charge < -0.3 is 10.2 Å². The summed E-state index contributed by atoms with van der Waals surface area (Å²) in [6, 6.07) is 19.8. The second kappa shape index (κ2) is 10.6. The van der Waals surface area contributed by atoms with Gasteiger partial charge in [-0.1, -0.05) is 50.2 Å². The molecule has 172 valence electrons. The van der Waals surface area contributed by atoms with E-state index in [-0.39, 0.29) is 17.9 Å². The van der Waals surface area contributed by atoms with E-state index in [1.54, 1.807) is 23.1 Å². The molecule has 4 nitrogen and oxygen atoms in total. The molecule has 1 aliphatic rings.